The molecule has 5 nitrogen and oxygen atoms in total. The van der Waals surface area contributed by atoms with Crippen LogP contribution in [0.25, 0.3) is 0 Å². The lowest BCUT2D eigenvalue weighted by molar-refractivity contribution is -0.147. The third-order valence-corrected chi connectivity index (χ3v) is 5.05. The summed E-state index contributed by atoms with van der Waals surface area (Å²) in [4.78, 5) is 26.3. The molecule has 0 aromatic heterocycles. The number of aliphatic carboxylic acids is 1. The van der Waals surface area contributed by atoms with E-state index in [1.165, 1.54) is 0 Å². The number of ether oxygens (including phenoxy) is 1. The van der Waals surface area contributed by atoms with Gasteiger partial charge in [-0.15, -0.1) is 0 Å². The second kappa shape index (κ2) is 11.7. The fourth-order valence-electron chi connectivity index (χ4n) is 3.44. The van der Waals surface area contributed by atoms with E-state index in [1.807, 2.05) is 95.9 Å². The van der Waals surface area contributed by atoms with Crippen molar-refractivity contribution in [3.05, 3.63) is 108 Å². The summed E-state index contributed by atoms with van der Waals surface area (Å²) in [5.74, 6) is -1.34. The molecule has 0 fully saturated rings. The van der Waals surface area contributed by atoms with Gasteiger partial charge in [0.1, 0.15) is 12.6 Å². The van der Waals surface area contributed by atoms with Gasteiger partial charge in [-0.25, -0.2) is 0 Å². The SMILES string of the molecule is O=C(CC[C@@H](C(=O)O)N(Cc1ccccc1)Cc1ccccc1)OCc1ccccc1. The molecular weight excluding hydrogens is 390 g/mol. The fourth-order valence-corrected chi connectivity index (χ4v) is 3.44. The molecule has 0 amide bonds. The third-order valence-electron chi connectivity index (χ3n) is 5.05. The first-order valence-corrected chi connectivity index (χ1v) is 10.4. The van der Waals surface area contributed by atoms with Gasteiger partial charge in [0.05, 0.1) is 0 Å². The molecule has 0 aliphatic rings. The molecule has 0 saturated heterocycles. The van der Waals surface area contributed by atoms with Gasteiger partial charge in [-0.2, -0.15) is 0 Å². The number of rotatable bonds is 11. The minimum Gasteiger partial charge on any atom is -0.480 e. The van der Waals surface area contributed by atoms with E-state index in [2.05, 4.69) is 0 Å². The maximum atomic E-state index is 12.2. The molecule has 3 rings (SSSR count). The van der Waals surface area contributed by atoms with Crippen LogP contribution in [0.4, 0.5) is 0 Å². The predicted octanol–water partition coefficient (Wildman–Crippen LogP) is 4.67. The smallest absolute Gasteiger partial charge is 0.320 e. The normalized spacial score (nSPS) is 11.8. The molecule has 5 heteroatoms. The van der Waals surface area contributed by atoms with E-state index >= 15 is 0 Å². The van der Waals surface area contributed by atoms with E-state index in [0.29, 0.717) is 13.1 Å². The number of esters is 1. The topological polar surface area (TPSA) is 66.8 Å². The van der Waals surface area contributed by atoms with Crippen LogP contribution in [0, 0.1) is 0 Å². The summed E-state index contributed by atoms with van der Waals surface area (Å²) >= 11 is 0. The summed E-state index contributed by atoms with van der Waals surface area (Å²) < 4.78 is 5.32. The van der Waals surface area contributed by atoms with E-state index in [9.17, 15) is 14.7 Å². The van der Waals surface area contributed by atoms with Crippen molar-refractivity contribution in [1.29, 1.82) is 0 Å². The maximum Gasteiger partial charge on any atom is 0.320 e. The molecule has 0 unspecified atom stereocenters. The van der Waals surface area contributed by atoms with Crippen LogP contribution in [0.2, 0.25) is 0 Å². The lowest BCUT2D eigenvalue weighted by Crippen LogP contribution is -2.40. The van der Waals surface area contributed by atoms with Gasteiger partial charge in [-0.3, -0.25) is 14.5 Å². The van der Waals surface area contributed by atoms with Crippen molar-refractivity contribution >= 4 is 11.9 Å². The van der Waals surface area contributed by atoms with Gasteiger partial charge >= 0.3 is 11.9 Å². The number of carboxylic acid groups (broad SMARTS) is 1. The Hall–Kier alpha value is -3.44. The summed E-state index contributed by atoms with van der Waals surface area (Å²) in [5.41, 5.74) is 2.95. The molecule has 1 N–H and O–H groups in total. The van der Waals surface area contributed by atoms with Crippen LogP contribution in [-0.4, -0.2) is 28.0 Å². The van der Waals surface area contributed by atoms with Crippen molar-refractivity contribution in [3.63, 3.8) is 0 Å². The van der Waals surface area contributed by atoms with Gasteiger partial charge in [0, 0.05) is 19.5 Å². The van der Waals surface area contributed by atoms with Crippen LogP contribution in [0.3, 0.4) is 0 Å². The Labute approximate surface area is 182 Å². The zero-order valence-electron chi connectivity index (χ0n) is 17.4. The first-order chi connectivity index (χ1) is 15.1. The Kier molecular flexibility index (Phi) is 8.38. The second-order valence-electron chi connectivity index (χ2n) is 7.42. The number of carboxylic acids is 1. The Morgan fingerprint density at radius 3 is 1.65 bits per heavy atom. The molecule has 3 aromatic carbocycles. The minimum absolute atomic E-state index is 0.0455. The first-order valence-electron chi connectivity index (χ1n) is 10.4. The molecule has 0 heterocycles. The van der Waals surface area contributed by atoms with Gasteiger partial charge in [0.2, 0.25) is 0 Å². The quantitative estimate of drug-likeness (QED) is 0.460. The molecule has 0 spiro atoms. The van der Waals surface area contributed by atoms with Crippen LogP contribution in [0.5, 0.6) is 0 Å². The zero-order valence-corrected chi connectivity index (χ0v) is 17.4. The highest BCUT2D eigenvalue weighted by Gasteiger charge is 2.27. The lowest BCUT2D eigenvalue weighted by atomic mass is 10.1. The van der Waals surface area contributed by atoms with Crippen molar-refractivity contribution in [2.24, 2.45) is 0 Å². The van der Waals surface area contributed by atoms with Gasteiger partial charge in [0.25, 0.3) is 0 Å². The summed E-state index contributed by atoms with van der Waals surface area (Å²) in [6, 6.07) is 28.2. The largest absolute Gasteiger partial charge is 0.480 e. The number of carbonyl (C=O) groups is 2. The maximum absolute atomic E-state index is 12.2. The van der Waals surface area contributed by atoms with Crippen LogP contribution < -0.4 is 0 Å². The number of benzene rings is 3. The number of nitrogens with zero attached hydrogens (tertiary/aromatic N) is 1. The Morgan fingerprint density at radius 2 is 1.19 bits per heavy atom. The molecule has 0 radical (unpaired) electrons. The molecule has 0 aliphatic heterocycles. The van der Waals surface area contributed by atoms with Crippen LogP contribution in [0.1, 0.15) is 29.5 Å². The number of hydrogen-bond acceptors (Lipinski definition) is 4. The summed E-state index contributed by atoms with van der Waals surface area (Å²) in [6.45, 7) is 1.15. The summed E-state index contributed by atoms with van der Waals surface area (Å²) in [5, 5.41) is 9.93. The van der Waals surface area contributed by atoms with Crippen molar-refractivity contribution in [3.8, 4) is 0 Å². The van der Waals surface area contributed by atoms with E-state index in [1.54, 1.807) is 0 Å². The van der Waals surface area contributed by atoms with Gasteiger partial charge < -0.3 is 9.84 Å². The van der Waals surface area contributed by atoms with Crippen molar-refractivity contribution in [1.82, 2.24) is 4.90 Å². The van der Waals surface area contributed by atoms with Crippen molar-refractivity contribution in [2.75, 3.05) is 0 Å². The van der Waals surface area contributed by atoms with Gasteiger partial charge in [-0.05, 0) is 23.1 Å². The monoisotopic (exact) mass is 417 g/mol. The Morgan fingerprint density at radius 1 is 0.742 bits per heavy atom. The standard InChI is InChI=1S/C26H27NO4/c28-25(31-20-23-14-8-3-9-15-23)17-16-24(26(29)30)27(18-21-10-4-1-5-11-21)19-22-12-6-2-7-13-22/h1-15,24H,16-20H2,(H,29,30)/t24-/m0/s1. The molecular formula is C26H27NO4. The average molecular weight is 418 g/mol. The molecule has 31 heavy (non-hydrogen) atoms. The highest BCUT2D eigenvalue weighted by atomic mass is 16.5. The summed E-state index contributed by atoms with van der Waals surface area (Å²) in [7, 11) is 0. The lowest BCUT2D eigenvalue weighted by Gasteiger charge is -2.29. The fraction of sp³-hybridized carbons (Fsp3) is 0.231. The van der Waals surface area contributed by atoms with E-state index < -0.39 is 18.0 Å². The minimum atomic E-state index is -0.942. The van der Waals surface area contributed by atoms with E-state index in [-0.39, 0.29) is 19.4 Å². The second-order valence-corrected chi connectivity index (χ2v) is 7.42. The summed E-state index contributed by atoms with van der Waals surface area (Å²) in [6.07, 6.45) is 0.229. The van der Waals surface area contributed by atoms with Crippen LogP contribution in [0.15, 0.2) is 91.0 Å². The molecule has 1 atom stereocenters. The van der Waals surface area contributed by atoms with Crippen LogP contribution in [-0.2, 0) is 34.0 Å². The average Bonchev–Trinajstić information content (AvgIpc) is 2.79. The van der Waals surface area contributed by atoms with Crippen molar-refractivity contribution < 1.29 is 19.4 Å². The molecule has 0 saturated carbocycles. The van der Waals surface area contributed by atoms with Crippen LogP contribution >= 0.6 is 0 Å². The van der Waals surface area contributed by atoms with E-state index in [4.69, 9.17) is 4.74 Å². The van der Waals surface area contributed by atoms with Gasteiger partial charge in [-0.1, -0.05) is 91.0 Å². The molecule has 3 aromatic rings. The van der Waals surface area contributed by atoms with Gasteiger partial charge in [0.15, 0.2) is 0 Å². The molecule has 0 aliphatic carbocycles. The Balaban J connectivity index is 1.66. The van der Waals surface area contributed by atoms with Crippen molar-refractivity contribution in [2.45, 2.75) is 38.6 Å². The highest BCUT2D eigenvalue weighted by Crippen LogP contribution is 2.18. The third kappa shape index (κ3) is 7.39. The first kappa shape index (κ1) is 22.2. The highest BCUT2D eigenvalue weighted by molar-refractivity contribution is 5.75. The zero-order chi connectivity index (χ0) is 21.9. The molecule has 160 valence electrons. The Bertz CT molecular complexity index is 903. The number of carbonyl (C=O) groups excluding carboxylic acids is 1. The molecule has 0 bridgehead atoms. The predicted molar refractivity (Wildman–Crippen MR) is 119 cm³/mol. The van der Waals surface area contributed by atoms with E-state index in [0.717, 1.165) is 16.7 Å². The number of hydrogen-bond donors (Lipinski definition) is 1.